The normalized spacial score (nSPS) is 16.9. The fraction of sp³-hybridized carbons (Fsp3) is 0.333. The lowest BCUT2D eigenvalue weighted by Crippen LogP contribution is -2.27. The second-order valence-electron chi connectivity index (χ2n) is 6.83. The van der Waals surface area contributed by atoms with Crippen LogP contribution in [-0.4, -0.2) is 28.4 Å². The first-order chi connectivity index (χ1) is 12.6. The van der Waals surface area contributed by atoms with E-state index in [0.29, 0.717) is 13.2 Å². The average Bonchev–Trinajstić information content (AvgIpc) is 3.27. The molecule has 2 heterocycles. The molecule has 0 spiro atoms. The van der Waals surface area contributed by atoms with Gasteiger partial charge in [0.15, 0.2) is 0 Å². The van der Waals surface area contributed by atoms with Gasteiger partial charge in [-0.3, -0.25) is 9.48 Å². The quantitative estimate of drug-likeness (QED) is 0.779. The van der Waals surface area contributed by atoms with Crippen LogP contribution in [0.15, 0.2) is 42.5 Å². The second kappa shape index (κ2) is 6.92. The first-order valence-corrected chi connectivity index (χ1v) is 9.06. The van der Waals surface area contributed by atoms with E-state index >= 15 is 0 Å². The van der Waals surface area contributed by atoms with Crippen molar-refractivity contribution < 1.29 is 9.53 Å². The van der Waals surface area contributed by atoms with Crippen molar-refractivity contribution in [2.75, 3.05) is 11.9 Å². The summed E-state index contributed by atoms with van der Waals surface area (Å²) in [7, 11) is 0. The highest BCUT2D eigenvalue weighted by Gasteiger charge is 2.25. The zero-order valence-corrected chi connectivity index (χ0v) is 15.2. The third kappa shape index (κ3) is 3.10. The number of aryl methyl sites for hydroxylation is 1. The Balaban J connectivity index is 1.60. The molecule has 1 aromatic heterocycles. The monoisotopic (exact) mass is 349 g/mol. The standard InChI is InChI=1S/C21H23N3O2/c1-14-20(22-21(25)19-11-6-12-26-19)15(2)24(23-14)13-17-9-5-8-16-7-3-4-10-18(16)17/h3-5,7-10,19H,6,11-13H2,1-2H3,(H,22,25)/t19-/m1/s1. The van der Waals surface area contributed by atoms with Crippen LogP contribution in [0.5, 0.6) is 0 Å². The van der Waals surface area contributed by atoms with Crippen LogP contribution in [0.3, 0.4) is 0 Å². The zero-order chi connectivity index (χ0) is 18.1. The minimum Gasteiger partial charge on any atom is -0.368 e. The van der Waals surface area contributed by atoms with Crippen LogP contribution in [-0.2, 0) is 16.1 Å². The van der Waals surface area contributed by atoms with Gasteiger partial charge in [0.1, 0.15) is 6.10 Å². The summed E-state index contributed by atoms with van der Waals surface area (Å²) >= 11 is 0. The molecule has 2 aromatic carbocycles. The van der Waals surface area contributed by atoms with Crippen molar-refractivity contribution in [2.45, 2.75) is 39.3 Å². The Labute approximate surface area is 153 Å². The van der Waals surface area contributed by atoms with Gasteiger partial charge < -0.3 is 10.1 Å². The van der Waals surface area contributed by atoms with Crippen molar-refractivity contribution >= 4 is 22.4 Å². The molecular weight excluding hydrogens is 326 g/mol. The third-order valence-electron chi connectivity index (χ3n) is 5.05. The number of rotatable bonds is 4. The van der Waals surface area contributed by atoms with E-state index in [9.17, 15) is 4.79 Å². The number of hydrogen-bond donors (Lipinski definition) is 1. The summed E-state index contributed by atoms with van der Waals surface area (Å²) in [5.41, 5.74) is 3.80. The van der Waals surface area contributed by atoms with Crippen LogP contribution >= 0.6 is 0 Å². The van der Waals surface area contributed by atoms with Crippen LogP contribution < -0.4 is 5.32 Å². The molecular formula is C21H23N3O2. The average molecular weight is 349 g/mol. The number of fused-ring (bicyclic) bond motifs is 1. The lowest BCUT2D eigenvalue weighted by Gasteiger charge is -2.11. The molecule has 1 saturated heterocycles. The maximum absolute atomic E-state index is 12.4. The molecule has 0 saturated carbocycles. The highest BCUT2D eigenvalue weighted by molar-refractivity contribution is 5.95. The van der Waals surface area contributed by atoms with E-state index in [-0.39, 0.29) is 12.0 Å². The number of nitrogens with zero attached hydrogens (tertiary/aromatic N) is 2. The van der Waals surface area contributed by atoms with E-state index < -0.39 is 0 Å². The Kier molecular flexibility index (Phi) is 4.47. The molecule has 1 aliphatic rings. The van der Waals surface area contributed by atoms with Gasteiger partial charge in [0.2, 0.25) is 0 Å². The smallest absolute Gasteiger partial charge is 0.253 e. The Morgan fingerprint density at radius 2 is 2.04 bits per heavy atom. The van der Waals surface area contributed by atoms with Gasteiger partial charge in [0.05, 0.1) is 23.6 Å². The minimum absolute atomic E-state index is 0.0709. The Morgan fingerprint density at radius 3 is 2.85 bits per heavy atom. The molecule has 3 aromatic rings. The highest BCUT2D eigenvalue weighted by atomic mass is 16.5. The van der Waals surface area contributed by atoms with Gasteiger partial charge in [-0.25, -0.2) is 0 Å². The summed E-state index contributed by atoms with van der Waals surface area (Å²) < 4.78 is 7.44. The number of ether oxygens (including phenoxy) is 1. The number of benzene rings is 2. The van der Waals surface area contributed by atoms with Crippen molar-refractivity contribution in [3.8, 4) is 0 Å². The summed E-state index contributed by atoms with van der Waals surface area (Å²) in [5.74, 6) is -0.0709. The van der Waals surface area contributed by atoms with Crippen LogP contribution in [0, 0.1) is 13.8 Å². The number of anilines is 1. The van der Waals surface area contributed by atoms with E-state index in [1.54, 1.807) is 0 Å². The molecule has 0 radical (unpaired) electrons. The van der Waals surface area contributed by atoms with Gasteiger partial charge in [-0.05, 0) is 43.0 Å². The van der Waals surface area contributed by atoms with Crippen molar-refractivity contribution in [1.82, 2.24) is 9.78 Å². The van der Waals surface area contributed by atoms with Crippen LogP contribution in [0.25, 0.3) is 10.8 Å². The number of carbonyl (C=O) groups is 1. The number of hydrogen-bond acceptors (Lipinski definition) is 3. The predicted octanol–water partition coefficient (Wildman–Crippen LogP) is 3.82. The molecule has 134 valence electrons. The summed E-state index contributed by atoms with van der Waals surface area (Å²) in [6, 6.07) is 14.7. The first kappa shape index (κ1) is 16.8. The predicted molar refractivity (Wildman–Crippen MR) is 102 cm³/mol. The number of nitrogens with one attached hydrogen (secondary N) is 1. The SMILES string of the molecule is Cc1nn(Cc2cccc3ccccc23)c(C)c1NC(=O)[C@H]1CCCO1. The minimum atomic E-state index is -0.338. The Morgan fingerprint density at radius 1 is 1.23 bits per heavy atom. The van der Waals surface area contributed by atoms with Crippen LogP contribution in [0.2, 0.25) is 0 Å². The summed E-state index contributed by atoms with van der Waals surface area (Å²) in [5, 5.41) is 10.1. The Hall–Kier alpha value is -2.66. The second-order valence-corrected chi connectivity index (χ2v) is 6.83. The van der Waals surface area contributed by atoms with Crippen LogP contribution in [0.1, 0.15) is 29.8 Å². The molecule has 26 heavy (non-hydrogen) atoms. The van der Waals surface area contributed by atoms with Gasteiger partial charge in [-0.15, -0.1) is 0 Å². The molecule has 1 aliphatic heterocycles. The fourth-order valence-corrected chi connectivity index (χ4v) is 3.61. The molecule has 0 bridgehead atoms. The van der Waals surface area contributed by atoms with Crippen molar-refractivity contribution in [2.24, 2.45) is 0 Å². The largest absolute Gasteiger partial charge is 0.368 e. The Bertz CT molecular complexity index is 950. The maximum Gasteiger partial charge on any atom is 0.253 e. The maximum atomic E-state index is 12.4. The van der Waals surface area contributed by atoms with Gasteiger partial charge in [0, 0.05) is 6.61 Å². The number of carbonyl (C=O) groups excluding carboxylic acids is 1. The van der Waals surface area contributed by atoms with Crippen molar-refractivity contribution in [3.63, 3.8) is 0 Å². The first-order valence-electron chi connectivity index (χ1n) is 9.06. The summed E-state index contributed by atoms with van der Waals surface area (Å²) in [4.78, 5) is 12.4. The molecule has 1 atom stereocenters. The van der Waals surface area contributed by atoms with Gasteiger partial charge in [0.25, 0.3) is 5.91 Å². The lowest BCUT2D eigenvalue weighted by molar-refractivity contribution is -0.124. The van der Waals surface area contributed by atoms with E-state index in [1.807, 2.05) is 24.6 Å². The third-order valence-corrected chi connectivity index (χ3v) is 5.05. The molecule has 1 amide bonds. The lowest BCUT2D eigenvalue weighted by atomic mass is 10.0. The van der Waals surface area contributed by atoms with Gasteiger partial charge in [-0.2, -0.15) is 5.10 Å². The molecule has 1 fully saturated rings. The molecule has 0 aliphatic carbocycles. The fourth-order valence-electron chi connectivity index (χ4n) is 3.61. The summed E-state index contributed by atoms with van der Waals surface area (Å²) in [6.45, 7) is 5.26. The van der Waals surface area contributed by atoms with Gasteiger partial charge >= 0.3 is 0 Å². The molecule has 5 heteroatoms. The number of amides is 1. The van der Waals surface area contributed by atoms with E-state index in [2.05, 4.69) is 46.8 Å². The van der Waals surface area contributed by atoms with E-state index in [4.69, 9.17) is 4.74 Å². The molecule has 5 nitrogen and oxygen atoms in total. The van der Waals surface area contributed by atoms with E-state index in [1.165, 1.54) is 16.3 Å². The summed E-state index contributed by atoms with van der Waals surface area (Å²) in [6.07, 6.45) is 1.39. The van der Waals surface area contributed by atoms with Crippen LogP contribution in [0.4, 0.5) is 5.69 Å². The number of aromatic nitrogens is 2. The van der Waals surface area contributed by atoms with Crippen molar-refractivity contribution in [1.29, 1.82) is 0 Å². The highest BCUT2D eigenvalue weighted by Crippen LogP contribution is 2.24. The van der Waals surface area contributed by atoms with E-state index in [0.717, 1.165) is 29.9 Å². The molecule has 0 unspecified atom stereocenters. The topological polar surface area (TPSA) is 56.2 Å². The van der Waals surface area contributed by atoms with Gasteiger partial charge in [-0.1, -0.05) is 42.5 Å². The zero-order valence-electron chi connectivity index (χ0n) is 15.2. The molecule has 1 N–H and O–H groups in total. The van der Waals surface area contributed by atoms with Crippen molar-refractivity contribution in [3.05, 3.63) is 59.4 Å². The molecule has 4 rings (SSSR count).